The highest BCUT2D eigenvalue weighted by Crippen LogP contribution is 2.17. The summed E-state index contributed by atoms with van der Waals surface area (Å²) in [5, 5.41) is 11.4. The molecule has 0 aromatic heterocycles. The molecule has 1 atom stereocenters. The van der Waals surface area contributed by atoms with Crippen LogP contribution in [-0.2, 0) is 9.53 Å². The van der Waals surface area contributed by atoms with E-state index in [1.807, 2.05) is 13.8 Å². The number of nitrogens with zero attached hydrogens (tertiary/aromatic N) is 1. The summed E-state index contributed by atoms with van der Waals surface area (Å²) >= 11 is 0. The van der Waals surface area contributed by atoms with E-state index in [0.29, 0.717) is 12.4 Å². The predicted octanol–water partition coefficient (Wildman–Crippen LogP) is 2.46. The Morgan fingerprint density at radius 1 is 1.37 bits per heavy atom. The molecule has 104 valence electrons. The van der Waals surface area contributed by atoms with E-state index in [9.17, 15) is 4.79 Å². The van der Waals surface area contributed by atoms with Crippen molar-refractivity contribution >= 4 is 12.2 Å². The van der Waals surface area contributed by atoms with Gasteiger partial charge in [0.15, 0.2) is 6.10 Å². The maximum Gasteiger partial charge on any atom is 0.347 e. The van der Waals surface area contributed by atoms with Gasteiger partial charge in [0.25, 0.3) is 0 Å². The molecule has 1 N–H and O–H groups in total. The van der Waals surface area contributed by atoms with Crippen molar-refractivity contribution < 1.29 is 19.5 Å². The van der Waals surface area contributed by atoms with Gasteiger partial charge < -0.3 is 14.7 Å². The maximum atomic E-state index is 11.8. The number of ether oxygens (including phenoxy) is 2. The lowest BCUT2D eigenvalue weighted by atomic mass is 10.1. The normalized spacial score (nSPS) is 12.6. The molecule has 19 heavy (non-hydrogen) atoms. The molecule has 0 amide bonds. The average molecular weight is 265 g/mol. The molecule has 0 heterocycles. The summed E-state index contributed by atoms with van der Waals surface area (Å²) in [6.07, 6.45) is 0.687. The minimum atomic E-state index is -0.627. The zero-order chi connectivity index (χ0) is 14.3. The quantitative estimate of drug-likeness (QED) is 0.371. The minimum Gasteiger partial charge on any atom is -0.478 e. The topological polar surface area (TPSA) is 68.1 Å². The summed E-state index contributed by atoms with van der Waals surface area (Å²) in [7, 11) is 0. The van der Waals surface area contributed by atoms with Crippen LogP contribution in [0.4, 0.5) is 0 Å². The number of hydrogen-bond donors (Lipinski definition) is 1. The van der Waals surface area contributed by atoms with E-state index < -0.39 is 6.10 Å². The van der Waals surface area contributed by atoms with Gasteiger partial charge in [-0.1, -0.05) is 19.0 Å². The standard InChI is InChI=1S/C14H19NO4/c1-4-18-14(16)13(10(2)3)19-12-7-5-11(6-8-12)9-15-17/h5-10,13,17H,4H2,1-3H3/t13-/m1/s1. The average Bonchev–Trinajstić information content (AvgIpc) is 2.38. The van der Waals surface area contributed by atoms with E-state index >= 15 is 0 Å². The maximum absolute atomic E-state index is 11.8. The van der Waals surface area contributed by atoms with Crippen LogP contribution in [0.2, 0.25) is 0 Å². The summed E-state index contributed by atoms with van der Waals surface area (Å²) < 4.78 is 10.6. The monoisotopic (exact) mass is 265 g/mol. The highest BCUT2D eigenvalue weighted by atomic mass is 16.6. The van der Waals surface area contributed by atoms with Crippen LogP contribution in [0, 0.1) is 5.92 Å². The molecule has 5 nitrogen and oxygen atoms in total. The fraction of sp³-hybridized carbons (Fsp3) is 0.429. The number of esters is 1. The Balaban J connectivity index is 2.76. The van der Waals surface area contributed by atoms with Gasteiger partial charge in [-0.3, -0.25) is 0 Å². The van der Waals surface area contributed by atoms with Gasteiger partial charge in [-0.15, -0.1) is 0 Å². The van der Waals surface area contributed by atoms with Gasteiger partial charge >= 0.3 is 5.97 Å². The molecule has 1 aromatic rings. The van der Waals surface area contributed by atoms with Crippen LogP contribution in [0.5, 0.6) is 5.75 Å². The summed E-state index contributed by atoms with van der Waals surface area (Å²) in [5.41, 5.74) is 0.743. The summed E-state index contributed by atoms with van der Waals surface area (Å²) in [6.45, 7) is 5.89. The molecule has 0 radical (unpaired) electrons. The molecule has 0 aliphatic carbocycles. The third kappa shape index (κ3) is 4.62. The highest BCUT2D eigenvalue weighted by molar-refractivity contribution is 5.79. The third-order valence-electron chi connectivity index (χ3n) is 2.47. The molecule has 0 saturated carbocycles. The molecule has 0 fully saturated rings. The van der Waals surface area contributed by atoms with Gasteiger partial charge in [0.05, 0.1) is 12.8 Å². The van der Waals surface area contributed by atoms with Gasteiger partial charge in [-0.05, 0) is 36.8 Å². The smallest absolute Gasteiger partial charge is 0.347 e. The number of carbonyl (C=O) groups is 1. The molecule has 0 spiro atoms. The number of benzene rings is 1. The minimum absolute atomic E-state index is 0.0118. The fourth-order valence-electron chi connectivity index (χ4n) is 1.53. The lowest BCUT2D eigenvalue weighted by Crippen LogP contribution is -2.34. The second kappa shape index (κ2) is 7.41. The zero-order valence-electron chi connectivity index (χ0n) is 11.4. The van der Waals surface area contributed by atoms with E-state index in [1.165, 1.54) is 6.21 Å². The van der Waals surface area contributed by atoms with Crippen molar-refractivity contribution in [3.8, 4) is 5.75 Å². The molecule has 0 bridgehead atoms. The van der Waals surface area contributed by atoms with E-state index in [1.54, 1.807) is 31.2 Å². The van der Waals surface area contributed by atoms with Gasteiger partial charge in [-0.2, -0.15) is 0 Å². The van der Waals surface area contributed by atoms with Crippen LogP contribution in [0.3, 0.4) is 0 Å². The lowest BCUT2D eigenvalue weighted by molar-refractivity contribution is -0.153. The van der Waals surface area contributed by atoms with Crippen LogP contribution in [0.1, 0.15) is 26.3 Å². The Kier molecular flexibility index (Phi) is 5.85. The first-order valence-corrected chi connectivity index (χ1v) is 6.19. The van der Waals surface area contributed by atoms with Crippen LogP contribution in [0.15, 0.2) is 29.4 Å². The molecule has 0 saturated heterocycles. The zero-order valence-corrected chi connectivity index (χ0v) is 11.4. The summed E-state index contributed by atoms with van der Waals surface area (Å²) in [5.74, 6) is 0.220. The predicted molar refractivity (Wildman–Crippen MR) is 71.7 cm³/mol. The lowest BCUT2D eigenvalue weighted by Gasteiger charge is -2.20. The van der Waals surface area contributed by atoms with Crippen LogP contribution < -0.4 is 4.74 Å². The molecular formula is C14H19NO4. The molecule has 5 heteroatoms. The van der Waals surface area contributed by atoms with Gasteiger partial charge in [0, 0.05) is 5.92 Å². The number of hydrogen-bond acceptors (Lipinski definition) is 5. The van der Waals surface area contributed by atoms with E-state index in [-0.39, 0.29) is 11.9 Å². The number of carbonyl (C=O) groups excluding carboxylic acids is 1. The van der Waals surface area contributed by atoms with Crippen LogP contribution >= 0.6 is 0 Å². The van der Waals surface area contributed by atoms with Crippen molar-refractivity contribution in [1.82, 2.24) is 0 Å². The van der Waals surface area contributed by atoms with E-state index in [0.717, 1.165) is 5.56 Å². The first kappa shape index (κ1) is 15.0. The Labute approximate surface area is 112 Å². The van der Waals surface area contributed by atoms with E-state index in [2.05, 4.69) is 5.16 Å². The highest BCUT2D eigenvalue weighted by Gasteiger charge is 2.25. The van der Waals surface area contributed by atoms with Crippen molar-refractivity contribution in [1.29, 1.82) is 0 Å². The second-order valence-corrected chi connectivity index (χ2v) is 4.35. The number of oxime groups is 1. The van der Waals surface area contributed by atoms with Crippen molar-refractivity contribution in [2.75, 3.05) is 6.61 Å². The molecule has 0 aliphatic rings. The van der Waals surface area contributed by atoms with Crippen LogP contribution in [-0.4, -0.2) is 30.1 Å². The summed E-state index contributed by atoms with van der Waals surface area (Å²) in [6, 6.07) is 6.90. The molecule has 0 aliphatic heterocycles. The van der Waals surface area contributed by atoms with Crippen LogP contribution in [0.25, 0.3) is 0 Å². The van der Waals surface area contributed by atoms with Crippen molar-refractivity contribution in [3.63, 3.8) is 0 Å². The molecular weight excluding hydrogens is 246 g/mol. The third-order valence-corrected chi connectivity index (χ3v) is 2.47. The Morgan fingerprint density at radius 2 is 2.00 bits per heavy atom. The molecule has 1 aromatic carbocycles. The fourth-order valence-corrected chi connectivity index (χ4v) is 1.53. The molecule has 1 rings (SSSR count). The Bertz CT molecular complexity index is 426. The largest absolute Gasteiger partial charge is 0.478 e. The second-order valence-electron chi connectivity index (χ2n) is 4.35. The van der Waals surface area contributed by atoms with Gasteiger partial charge in [0.2, 0.25) is 0 Å². The number of rotatable bonds is 6. The first-order valence-electron chi connectivity index (χ1n) is 6.19. The SMILES string of the molecule is CCOC(=O)[C@H](Oc1ccc(C=NO)cc1)C(C)C. The summed E-state index contributed by atoms with van der Waals surface area (Å²) in [4.78, 5) is 11.8. The van der Waals surface area contributed by atoms with Gasteiger partial charge in [0.1, 0.15) is 5.75 Å². The Morgan fingerprint density at radius 3 is 2.47 bits per heavy atom. The van der Waals surface area contributed by atoms with Crippen molar-refractivity contribution in [3.05, 3.63) is 29.8 Å². The van der Waals surface area contributed by atoms with Crippen molar-refractivity contribution in [2.45, 2.75) is 26.9 Å². The Hall–Kier alpha value is -2.04. The van der Waals surface area contributed by atoms with E-state index in [4.69, 9.17) is 14.7 Å². The molecule has 0 unspecified atom stereocenters. The van der Waals surface area contributed by atoms with Gasteiger partial charge in [-0.25, -0.2) is 4.79 Å². The first-order chi connectivity index (χ1) is 9.08. The van der Waals surface area contributed by atoms with Crippen molar-refractivity contribution in [2.24, 2.45) is 11.1 Å².